The molecule has 0 bridgehead atoms. The average Bonchev–Trinajstić information content (AvgIpc) is 3.03. The molecule has 13 nitrogen and oxygen atoms in total. The summed E-state index contributed by atoms with van der Waals surface area (Å²) in [7, 11) is -5.10. The molecule has 0 aromatic heterocycles. The first-order chi connectivity index (χ1) is 22.4. The van der Waals surface area contributed by atoms with E-state index in [0.717, 1.165) is 64.2 Å². The van der Waals surface area contributed by atoms with Crippen molar-refractivity contribution in [2.24, 2.45) is 0 Å². The zero-order valence-electron chi connectivity index (χ0n) is 28.5. The standard InChI is InChI=1S/C33H63NO12S/c1-3-5-7-9-11-12-13-14-16-18-20-22-27(37)32(40)34-25(26(36)21-19-17-15-10-8-6-4-2)24-44-33-30(39)31(46-47(41,42)43)29(38)28(23-35)45-33/h11-12,25-31,33,35-39H,3-10,13-24H2,1-2H3,(H,34,40)(H,41,42,43)/b12-11-. The predicted octanol–water partition coefficient (Wildman–Crippen LogP) is 3.45. The van der Waals surface area contributed by atoms with Crippen LogP contribution in [0.4, 0.5) is 0 Å². The highest BCUT2D eigenvalue weighted by molar-refractivity contribution is 7.80. The van der Waals surface area contributed by atoms with Crippen LogP contribution in [0.25, 0.3) is 0 Å². The van der Waals surface area contributed by atoms with Crippen molar-refractivity contribution in [2.45, 2.75) is 178 Å². The minimum absolute atomic E-state index is 0.245. The first-order valence-corrected chi connectivity index (χ1v) is 19.0. The average molecular weight is 698 g/mol. The van der Waals surface area contributed by atoms with Crippen LogP contribution in [0.15, 0.2) is 12.2 Å². The zero-order chi connectivity index (χ0) is 35.1. The van der Waals surface area contributed by atoms with E-state index in [4.69, 9.17) is 14.0 Å². The van der Waals surface area contributed by atoms with Crippen LogP contribution in [0.3, 0.4) is 0 Å². The van der Waals surface area contributed by atoms with Crippen LogP contribution in [0.5, 0.6) is 0 Å². The quantitative estimate of drug-likeness (QED) is 0.0356. The zero-order valence-corrected chi connectivity index (χ0v) is 29.3. The number of amides is 1. The van der Waals surface area contributed by atoms with Gasteiger partial charge in [0, 0.05) is 0 Å². The first kappa shape index (κ1) is 43.8. The maximum absolute atomic E-state index is 12.9. The Balaban J connectivity index is 2.72. The minimum atomic E-state index is -5.10. The van der Waals surface area contributed by atoms with Gasteiger partial charge >= 0.3 is 10.4 Å². The summed E-state index contributed by atoms with van der Waals surface area (Å²) in [4.78, 5) is 12.9. The molecule has 1 fully saturated rings. The Kier molecular flexibility index (Phi) is 24.0. The highest BCUT2D eigenvalue weighted by atomic mass is 32.3. The van der Waals surface area contributed by atoms with E-state index < -0.39 is 78.5 Å². The van der Waals surface area contributed by atoms with E-state index in [1.165, 1.54) is 25.7 Å². The summed E-state index contributed by atoms with van der Waals surface area (Å²) < 4.78 is 47.1. The summed E-state index contributed by atoms with van der Waals surface area (Å²) in [6.07, 6.45) is 10.3. The van der Waals surface area contributed by atoms with Gasteiger partial charge in [-0.25, -0.2) is 4.18 Å². The molecule has 1 aliphatic heterocycles. The second-order valence-corrected chi connectivity index (χ2v) is 13.6. The molecule has 1 amide bonds. The van der Waals surface area contributed by atoms with E-state index in [-0.39, 0.29) is 6.42 Å². The molecule has 0 radical (unpaired) electrons. The van der Waals surface area contributed by atoms with Gasteiger partial charge in [0.25, 0.3) is 0 Å². The maximum atomic E-state index is 12.9. The molecule has 1 rings (SSSR count). The summed E-state index contributed by atoms with van der Waals surface area (Å²) in [5.74, 6) is -0.687. The van der Waals surface area contributed by atoms with E-state index in [2.05, 4.69) is 35.5 Å². The van der Waals surface area contributed by atoms with Crippen LogP contribution < -0.4 is 5.32 Å². The van der Waals surface area contributed by atoms with E-state index in [0.29, 0.717) is 19.3 Å². The normalized spacial score (nSPS) is 24.0. The second kappa shape index (κ2) is 25.7. The number of hydrogen-bond acceptors (Lipinski definition) is 11. The molecule has 0 aromatic rings. The smallest absolute Gasteiger partial charge is 0.394 e. The highest BCUT2D eigenvalue weighted by Gasteiger charge is 2.48. The molecule has 1 heterocycles. The Morgan fingerprint density at radius 1 is 0.830 bits per heavy atom. The summed E-state index contributed by atoms with van der Waals surface area (Å²) in [5, 5.41) is 54.6. The van der Waals surface area contributed by atoms with Gasteiger partial charge in [0.1, 0.15) is 30.5 Å². The minimum Gasteiger partial charge on any atom is -0.394 e. The van der Waals surface area contributed by atoms with Gasteiger partial charge in [-0.1, -0.05) is 103 Å². The van der Waals surface area contributed by atoms with Crippen LogP contribution in [0.1, 0.15) is 129 Å². The molecule has 8 atom stereocenters. The van der Waals surface area contributed by atoms with Gasteiger partial charge in [0.2, 0.25) is 5.91 Å². The lowest BCUT2D eigenvalue weighted by Gasteiger charge is -2.41. The van der Waals surface area contributed by atoms with E-state index in [1.807, 2.05) is 0 Å². The van der Waals surface area contributed by atoms with Crippen LogP contribution in [-0.4, -0.2) is 107 Å². The SMILES string of the molecule is CCCCC/C=C\CCCCCCC(O)C(=O)NC(COC1OC(CO)C(O)C(OS(=O)(=O)O)C1O)C(O)CCCCCCCCC. The van der Waals surface area contributed by atoms with Gasteiger partial charge in [0.15, 0.2) is 6.29 Å². The molecule has 1 aliphatic rings. The van der Waals surface area contributed by atoms with Gasteiger partial charge in [-0.05, 0) is 38.5 Å². The van der Waals surface area contributed by atoms with Gasteiger partial charge in [-0.2, -0.15) is 8.42 Å². The van der Waals surface area contributed by atoms with Gasteiger partial charge in [-0.15, -0.1) is 0 Å². The molecule has 8 unspecified atom stereocenters. The summed E-state index contributed by atoms with van der Waals surface area (Å²) in [6.45, 7) is 3.12. The molecule has 47 heavy (non-hydrogen) atoms. The molecule has 14 heteroatoms. The Bertz CT molecular complexity index is 937. The number of carbonyl (C=O) groups is 1. The van der Waals surface area contributed by atoms with Crippen LogP contribution >= 0.6 is 0 Å². The number of ether oxygens (including phenoxy) is 2. The largest absolute Gasteiger partial charge is 0.397 e. The third kappa shape index (κ3) is 19.5. The lowest BCUT2D eigenvalue weighted by atomic mass is 9.99. The molecule has 1 saturated heterocycles. The number of allylic oxidation sites excluding steroid dienone is 2. The molecule has 0 spiro atoms. The highest BCUT2D eigenvalue weighted by Crippen LogP contribution is 2.26. The predicted molar refractivity (Wildman–Crippen MR) is 178 cm³/mol. The summed E-state index contributed by atoms with van der Waals surface area (Å²) >= 11 is 0. The van der Waals surface area contributed by atoms with Crippen molar-refractivity contribution in [3.63, 3.8) is 0 Å². The molecule has 278 valence electrons. The fraction of sp³-hybridized carbons (Fsp3) is 0.909. The lowest BCUT2D eigenvalue weighted by Crippen LogP contribution is -2.61. The molecule has 0 aromatic carbocycles. The number of hydrogen-bond donors (Lipinski definition) is 7. The van der Waals surface area contributed by atoms with E-state index >= 15 is 0 Å². The molecular formula is C33H63NO12S. The topological polar surface area (TPSA) is 212 Å². The van der Waals surface area contributed by atoms with Crippen molar-refractivity contribution in [1.29, 1.82) is 0 Å². The van der Waals surface area contributed by atoms with Crippen LogP contribution in [-0.2, 0) is 28.9 Å². The van der Waals surface area contributed by atoms with E-state index in [1.54, 1.807) is 0 Å². The third-order valence-corrected chi connectivity index (χ3v) is 8.90. The van der Waals surface area contributed by atoms with Crippen molar-refractivity contribution in [3.05, 3.63) is 12.2 Å². The Labute approximate surface area is 282 Å². The Morgan fingerprint density at radius 2 is 1.36 bits per heavy atom. The van der Waals surface area contributed by atoms with Crippen molar-refractivity contribution >= 4 is 16.3 Å². The van der Waals surface area contributed by atoms with Crippen LogP contribution in [0, 0.1) is 0 Å². The number of carbonyl (C=O) groups excluding carboxylic acids is 1. The van der Waals surface area contributed by atoms with Crippen molar-refractivity contribution in [1.82, 2.24) is 5.32 Å². The van der Waals surface area contributed by atoms with Crippen molar-refractivity contribution in [3.8, 4) is 0 Å². The molecule has 0 saturated carbocycles. The Morgan fingerprint density at radius 3 is 1.96 bits per heavy atom. The Hall–Kier alpha value is -1.20. The maximum Gasteiger partial charge on any atom is 0.397 e. The number of unbranched alkanes of at least 4 members (excludes halogenated alkanes) is 13. The van der Waals surface area contributed by atoms with Crippen molar-refractivity contribution in [2.75, 3.05) is 13.2 Å². The fourth-order valence-electron chi connectivity index (χ4n) is 5.52. The fourth-order valence-corrected chi connectivity index (χ4v) is 6.02. The number of aliphatic hydroxyl groups excluding tert-OH is 5. The van der Waals surface area contributed by atoms with Gasteiger partial charge in [0.05, 0.1) is 25.4 Å². The van der Waals surface area contributed by atoms with E-state index in [9.17, 15) is 38.7 Å². The molecule has 0 aliphatic carbocycles. The number of nitrogens with one attached hydrogen (secondary N) is 1. The number of rotatable bonds is 28. The lowest BCUT2D eigenvalue weighted by molar-refractivity contribution is -0.298. The second-order valence-electron chi connectivity index (χ2n) is 12.6. The molecular weight excluding hydrogens is 634 g/mol. The van der Waals surface area contributed by atoms with Gasteiger partial charge in [-0.3, -0.25) is 9.35 Å². The van der Waals surface area contributed by atoms with Gasteiger partial charge < -0.3 is 40.3 Å². The monoisotopic (exact) mass is 697 g/mol. The first-order valence-electron chi connectivity index (χ1n) is 17.7. The summed E-state index contributed by atoms with van der Waals surface area (Å²) in [6, 6.07) is -1.03. The van der Waals surface area contributed by atoms with Crippen molar-refractivity contribution < 1.29 is 57.0 Å². The molecule has 7 N–H and O–H groups in total. The third-order valence-electron chi connectivity index (χ3n) is 8.43. The van der Waals surface area contributed by atoms with Crippen LogP contribution in [0.2, 0.25) is 0 Å². The summed E-state index contributed by atoms with van der Waals surface area (Å²) in [5.41, 5.74) is 0. The number of aliphatic hydroxyl groups is 5.